The minimum absolute atomic E-state index is 0.0673. The highest BCUT2D eigenvalue weighted by Gasteiger charge is 2.28. The lowest BCUT2D eigenvalue weighted by atomic mass is 10.2. The molecule has 8 heteroatoms. The number of aromatic nitrogens is 5. The third-order valence-corrected chi connectivity index (χ3v) is 4.37. The maximum atomic E-state index is 12.8. The molecule has 1 saturated carbocycles. The number of hydrogen-bond donors (Lipinski definition) is 1. The number of carbonyl (C=O) groups is 1. The van der Waals surface area contributed by atoms with Crippen molar-refractivity contribution in [3.05, 3.63) is 52.5 Å². The third-order valence-electron chi connectivity index (χ3n) is 4.37. The summed E-state index contributed by atoms with van der Waals surface area (Å²) in [5, 5.41) is 11.7. The topological polar surface area (TPSA) is 94.2 Å². The number of nitrogens with one attached hydrogen (secondary N) is 1. The van der Waals surface area contributed by atoms with Crippen molar-refractivity contribution in [2.45, 2.75) is 45.1 Å². The third kappa shape index (κ3) is 3.10. The first-order valence-corrected chi connectivity index (χ1v) is 8.73. The summed E-state index contributed by atoms with van der Waals surface area (Å²) in [5.74, 6) is 0.851. The van der Waals surface area contributed by atoms with Crippen LogP contribution in [0.1, 0.15) is 50.0 Å². The molecule has 3 heterocycles. The van der Waals surface area contributed by atoms with E-state index >= 15 is 0 Å². The predicted octanol–water partition coefficient (Wildman–Crippen LogP) is 1.93. The quantitative estimate of drug-likeness (QED) is 0.757. The monoisotopic (exact) mass is 352 g/mol. The molecule has 1 aliphatic carbocycles. The summed E-state index contributed by atoms with van der Waals surface area (Å²) in [7, 11) is 0. The Morgan fingerprint density at radius 2 is 2.15 bits per heavy atom. The molecular weight excluding hydrogens is 332 g/mol. The van der Waals surface area contributed by atoms with Gasteiger partial charge in [-0.1, -0.05) is 13.8 Å². The molecule has 8 nitrogen and oxygen atoms in total. The number of amides is 1. The van der Waals surface area contributed by atoms with Crippen molar-refractivity contribution in [1.82, 2.24) is 24.4 Å². The van der Waals surface area contributed by atoms with Crippen LogP contribution in [-0.4, -0.2) is 30.3 Å². The van der Waals surface area contributed by atoms with Gasteiger partial charge in [-0.3, -0.25) is 14.6 Å². The largest absolute Gasteiger partial charge is 0.323 e. The van der Waals surface area contributed by atoms with Crippen molar-refractivity contribution >= 4 is 17.1 Å². The molecule has 0 atom stereocenters. The molecule has 0 saturated heterocycles. The maximum absolute atomic E-state index is 12.8. The molecule has 0 unspecified atom stereocenters. The molecule has 0 bridgehead atoms. The van der Waals surface area contributed by atoms with E-state index in [-0.39, 0.29) is 23.9 Å². The number of anilines is 1. The summed E-state index contributed by atoms with van der Waals surface area (Å²) in [4.78, 5) is 29.1. The number of carbonyl (C=O) groups excluding carboxylic acids is 1. The Labute approximate surface area is 149 Å². The van der Waals surface area contributed by atoms with Gasteiger partial charge in [-0.05, 0) is 31.0 Å². The number of nitrogens with zero attached hydrogens (tertiary/aromatic N) is 5. The molecule has 134 valence electrons. The molecule has 1 amide bonds. The number of fused-ring (bicyclic) bond motifs is 1. The van der Waals surface area contributed by atoms with Crippen LogP contribution in [0.2, 0.25) is 0 Å². The van der Waals surface area contributed by atoms with Crippen molar-refractivity contribution in [3.8, 4) is 0 Å². The van der Waals surface area contributed by atoms with E-state index in [1.54, 1.807) is 29.0 Å². The fourth-order valence-corrected chi connectivity index (χ4v) is 2.89. The molecule has 26 heavy (non-hydrogen) atoms. The lowest BCUT2D eigenvalue weighted by molar-refractivity contribution is -0.117. The second kappa shape index (κ2) is 6.36. The number of hydrogen-bond acceptors (Lipinski definition) is 5. The zero-order valence-electron chi connectivity index (χ0n) is 14.7. The van der Waals surface area contributed by atoms with E-state index in [0.29, 0.717) is 22.9 Å². The van der Waals surface area contributed by atoms with Gasteiger partial charge in [0.25, 0.3) is 5.56 Å². The molecule has 3 aromatic rings. The van der Waals surface area contributed by atoms with E-state index in [4.69, 9.17) is 0 Å². The first kappa shape index (κ1) is 16.4. The zero-order valence-corrected chi connectivity index (χ0v) is 14.7. The number of rotatable bonds is 5. The van der Waals surface area contributed by atoms with Crippen LogP contribution in [0.5, 0.6) is 0 Å². The van der Waals surface area contributed by atoms with E-state index in [2.05, 4.69) is 20.5 Å². The van der Waals surface area contributed by atoms with Crippen molar-refractivity contribution < 1.29 is 4.79 Å². The van der Waals surface area contributed by atoms with E-state index in [9.17, 15) is 9.59 Å². The molecule has 0 aromatic carbocycles. The van der Waals surface area contributed by atoms with Crippen LogP contribution in [0.3, 0.4) is 0 Å². The van der Waals surface area contributed by atoms with Crippen LogP contribution in [0.15, 0.2) is 35.4 Å². The minimum Gasteiger partial charge on any atom is -0.323 e. The van der Waals surface area contributed by atoms with Gasteiger partial charge in [0.05, 0.1) is 17.6 Å². The van der Waals surface area contributed by atoms with E-state index in [1.165, 1.54) is 4.68 Å². The first-order valence-electron chi connectivity index (χ1n) is 8.73. The summed E-state index contributed by atoms with van der Waals surface area (Å²) in [6.45, 7) is 3.82. The molecular formula is C18H20N6O2. The second-order valence-corrected chi connectivity index (χ2v) is 6.91. The van der Waals surface area contributed by atoms with Crippen LogP contribution in [0.25, 0.3) is 5.52 Å². The predicted molar refractivity (Wildman–Crippen MR) is 96.2 cm³/mol. The molecule has 3 aromatic heterocycles. The van der Waals surface area contributed by atoms with Gasteiger partial charge in [-0.15, -0.1) is 0 Å². The fraction of sp³-hybridized carbons (Fsp3) is 0.389. The molecule has 4 rings (SSSR count). The van der Waals surface area contributed by atoms with Crippen LogP contribution in [0.4, 0.5) is 5.69 Å². The van der Waals surface area contributed by atoms with Gasteiger partial charge in [0.1, 0.15) is 12.1 Å². The number of pyridine rings is 1. The first-order chi connectivity index (χ1) is 12.5. The summed E-state index contributed by atoms with van der Waals surface area (Å²) < 4.78 is 2.85. The molecule has 1 fully saturated rings. The Morgan fingerprint density at radius 3 is 2.81 bits per heavy atom. The summed E-state index contributed by atoms with van der Waals surface area (Å²) in [6, 6.07) is 5.31. The van der Waals surface area contributed by atoms with Gasteiger partial charge < -0.3 is 5.32 Å². The Kier molecular flexibility index (Phi) is 4.02. The maximum Gasteiger partial charge on any atom is 0.293 e. The van der Waals surface area contributed by atoms with Crippen molar-refractivity contribution in [1.29, 1.82) is 0 Å². The van der Waals surface area contributed by atoms with Crippen LogP contribution >= 0.6 is 0 Å². The molecule has 1 aliphatic rings. The molecule has 0 aliphatic heterocycles. The Balaban J connectivity index is 1.69. The molecule has 0 radical (unpaired) electrons. The lowest BCUT2D eigenvalue weighted by Gasteiger charge is -2.11. The Morgan fingerprint density at radius 1 is 1.35 bits per heavy atom. The smallest absolute Gasteiger partial charge is 0.293 e. The zero-order chi connectivity index (χ0) is 18.3. The highest BCUT2D eigenvalue weighted by Crippen LogP contribution is 2.39. The second-order valence-electron chi connectivity index (χ2n) is 6.91. The average Bonchev–Trinajstić information content (AvgIpc) is 3.37. The standard InChI is InChI=1S/C18H20N6O2/c1-11(2)17-22-23(10-16(25)20-13-4-3-7-19-9-13)18(26)15-8-14(12-5-6-12)21-24(15)17/h3-4,7-9,11-12H,5-6,10H2,1-2H3,(H,20,25). The minimum atomic E-state index is -0.325. The molecule has 1 N–H and O–H groups in total. The Hall–Kier alpha value is -3.03. The highest BCUT2D eigenvalue weighted by atomic mass is 16.2. The van der Waals surface area contributed by atoms with Gasteiger partial charge in [-0.2, -0.15) is 10.2 Å². The molecule has 0 spiro atoms. The SMILES string of the molecule is CC(C)c1nn(CC(=O)Nc2cccnc2)c(=O)c2cc(C3CC3)nn12. The fourth-order valence-electron chi connectivity index (χ4n) is 2.89. The van der Waals surface area contributed by atoms with Gasteiger partial charge in [-0.25, -0.2) is 9.20 Å². The van der Waals surface area contributed by atoms with Gasteiger partial charge in [0.2, 0.25) is 5.91 Å². The lowest BCUT2D eigenvalue weighted by Crippen LogP contribution is -2.32. The summed E-state index contributed by atoms with van der Waals surface area (Å²) in [6.07, 6.45) is 5.39. The normalized spacial score (nSPS) is 14.1. The summed E-state index contributed by atoms with van der Waals surface area (Å²) in [5.41, 5.74) is 1.68. The van der Waals surface area contributed by atoms with E-state index in [1.807, 2.05) is 19.9 Å². The Bertz CT molecular complexity index is 1020. The van der Waals surface area contributed by atoms with Crippen LogP contribution in [0, 0.1) is 0 Å². The van der Waals surface area contributed by atoms with E-state index in [0.717, 1.165) is 18.5 Å². The summed E-state index contributed by atoms with van der Waals surface area (Å²) >= 11 is 0. The van der Waals surface area contributed by atoms with Crippen molar-refractivity contribution in [2.24, 2.45) is 0 Å². The van der Waals surface area contributed by atoms with E-state index < -0.39 is 0 Å². The average molecular weight is 352 g/mol. The van der Waals surface area contributed by atoms with Crippen LogP contribution in [-0.2, 0) is 11.3 Å². The van der Waals surface area contributed by atoms with Crippen LogP contribution < -0.4 is 10.9 Å². The van der Waals surface area contributed by atoms with Gasteiger partial charge in [0.15, 0.2) is 5.82 Å². The van der Waals surface area contributed by atoms with Crippen molar-refractivity contribution in [2.75, 3.05) is 5.32 Å². The van der Waals surface area contributed by atoms with Gasteiger partial charge in [0, 0.05) is 18.0 Å². The highest BCUT2D eigenvalue weighted by molar-refractivity contribution is 5.90. The van der Waals surface area contributed by atoms with Crippen molar-refractivity contribution in [3.63, 3.8) is 0 Å². The van der Waals surface area contributed by atoms with Gasteiger partial charge >= 0.3 is 0 Å².